The van der Waals surface area contributed by atoms with Crippen molar-refractivity contribution in [3.63, 3.8) is 0 Å². The highest BCUT2D eigenvalue weighted by molar-refractivity contribution is 7.07. The Bertz CT molecular complexity index is 1480. The van der Waals surface area contributed by atoms with Crippen LogP contribution in [0, 0.1) is 0 Å². The molecule has 0 unspecified atom stereocenters. The van der Waals surface area contributed by atoms with Crippen LogP contribution in [0.1, 0.15) is 37.9 Å². The number of aromatic hydroxyl groups is 1. The number of esters is 1. The molecule has 1 N–H and O–H groups in total. The van der Waals surface area contributed by atoms with E-state index in [4.69, 9.17) is 14.2 Å². The molecule has 0 bridgehead atoms. The van der Waals surface area contributed by atoms with Gasteiger partial charge >= 0.3 is 5.97 Å². The van der Waals surface area contributed by atoms with Crippen LogP contribution in [0.5, 0.6) is 17.2 Å². The molecule has 182 valence electrons. The van der Waals surface area contributed by atoms with Gasteiger partial charge in [-0.3, -0.25) is 9.36 Å². The van der Waals surface area contributed by atoms with Crippen LogP contribution in [0.4, 0.5) is 0 Å². The van der Waals surface area contributed by atoms with Crippen molar-refractivity contribution in [1.82, 2.24) is 4.57 Å². The molecule has 0 saturated carbocycles. The second kappa shape index (κ2) is 9.79. The molecule has 35 heavy (non-hydrogen) atoms. The van der Waals surface area contributed by atoms with Crippen LogP contribution in [-0.4, -0.2) is 36.0 Å². The van der Waals surface area contributed by atoms with E-state index in [9.17, 15) is 14.7 Å². The first kappa shape index (κ1) is 24.3. The molecule has 0 saturated heterocycles. The number of allylic oxidation sites excluding steroid dienone is 1. The average molecular weight is 495 g/mol. The number of phenolic OH excluding ortho intramolecular Hbond substituents is 1. The molecule has 3 aromatic rings. The number of thiazole rings is 1. The quantitative estimate of drug-likeness (QED) is 0.529. The van der Waals surface area contributed by atoms with E-state index in [1.807, 2.05) is 0 Å². The van der Waals surface area contributed by atoms with Crippen molar-refractivity contribution in [1.29, 1.82) is 0 Å². The molecule has 0 aliphatic carbocycles. The van der Waals surface area contributed by atoms with E-state index in [0.717, 1.165) is 5.56 Å². The molecule has 9 heteroatoms. The smallest absolute Gasteiger partial charge is 0.338 e. The zero-order valence-corrected chi connectivity index (χ0v) is 20.9. The number of methoxy groups -OCH3 is 2. The lowest BCUT2D eigenvalue weighted by Gasteiger charge is -2.26. The molecular weight excluding hydrogens is 468 g/mol. The highest BCUT2D eigenvalue weighted by Crippen LogP contribution is 2.38. The Balaban J connectivity index is 2.00. The van der Waals surface area contributed by atoms with E-state index >= 15 is 0 Å². The fourth-order valence-corrected chi connectivity index (χ4v) is 4.98. The minimum atomic E-state index is -0.829. The molecule has 0 amide bonds. The summed E-state index contributed by atoms with van der Waals surface area (Å²) >= 11 is 1.22. The van der Waals surface area contributed by atoms with E-state index in [1.54, 1.807) is 76.4 Å². The Labute approximate surface area is 206 Å². The third-order valence-electron chi connectivity index (χ3n) is 5.51. The number of carbonyl (C=O) groups is 1. The lowest BCUT2D eigenvalue weighted by atomic mass is 9.94. The zero-order valence-electron chi connectivity index (χ0n) is 20.1. The van der Waals surface area contributed by atoms with Gasteiger partial charge in [0.2, 0.25) is 0 Å². The first-order chi connectivity index (χ1) is 16.7. The topological polar surface area (TPSA) is 99.4 Å². The van der Waals surface area contributed by atoms with Crippen molar-refractivity contribution in [3.8, 4) is 17.2 Å². The van der Waals surface area contributed by atoms with Crippen LogP contribution < -0.4 is 24.4 Å². The summed E-state index contributed by atoms with van der Waals surface area (Å²) in [6.45, 7) is 5.26. The molecule has 1 aliphatic heterocycles. The molecule has 1 atom stereocenters. The molecule has 1 aromatic heterocycles. The summed E-state index contributed by atoms with van der Waals surface area (Å²) in [6.07, 6.45) is 1.38. The van der Waals surface area contributed by atoms with E-state index in [1.165, 1.54) is 23.0 Å². The number of aromatic nitrogens is 1. The number of nitrogens with zero attached hydrogens (tertiary/aromatic N) is 2. The number of rotatable bonds is 6. The summed E-state index contributed by atoms with van der Waals surface area (Å²) in [5.74, 6) is 0.633. The molecule has 8 nitrogen and oxygen atoms in total. The minimum Gasteiger partial charge on any atom is -0.508 e. The van der Waals surface area contributed by atoms with Crippen LogP contribution in [0.15, 0.2) is 63.5 Å². The Morgan fingerprint density at radius 2 is 1.86 bits per heavy atom. The van der Waals surface area contributed by atoms with Crippen molar-refractivity contribution in [2.75, 3.05) is 14.2 Å². The average Bonchev–Trinajstić information content (AvgIpc) is 3.13. The second-order valence-corrected chi connectivity index (χ2v) is 9.24. The first-order valence-electron chi connectivity index (χ1n) is 11.0. The largest absolute Gasteiger partial charge is 0.508 e. The maximum atomic E-state index is 13.7. The van der Waals surface area contributed by atoms with Crippen LogP contribution in [0.3, 0.4) is 0 Å². The predicted octanol–water partition coefficient (Wildman–Crippen LogP) is 2.91. The van der Waals surface area contributed by atoms with Gasteiger partial charge in [-0.05, 0) is 62.7 Å². The van der Waals surface area contributed by atoms with Gasteiger partial charge in [0.1, 0.15) is 23.3 Å². The highest BCUT2D eigenvalue weighted by Gasteiger charge is 2.35. The van der Waals surface area contributed by atoms with Crippen LogP contribution >= 0.6 is 11.3 Å². The maximum absolute atomic E-state index is 13.7. The monoisotopic (exact) mass is 494 g/mol. The second-order valence-electron chi connectivity index (χ2n) is 8.24. The molecule has 2 aromatic carbocycles. The Kier molecular flexibility index (Phi) is 6.79. The maximum Gasteiger partial charge on any atom is 0.338 e. The van der Waals surface area contributed by atoms with Gasteiger partial charge in [0.05, 0.1) is 36.1 Å². The summed E-state index contributed by atoms with van der Waals surface area (Å²) in [4.78, 5) is 32.0. The van der Waals surface area contributed by atoms with Gasteiger partial charge in [-0.1, -0.05) is 23.5 Å². The minimum absolute atomic E-state index is 0.137. The molecular formula is C26H26N2O6S. The van der Waals surface area contributed by atoms with Crippen LogP contribution in [0.2, 0.25) is 0 Å². The normalized spacial score (nSPS) is 15.6. The van der Waals surface area contributed by atoms with Gasteiger partial charge in [-0.15, -0.1) is 0 Å². The third kappa shape index (κ3) is 4.72. The molecule has 1 aliphatic rings. The van der Waals surface area contributed by atoms with Gasteiger partial charge in [0, 0.05) is 5.56 Å². The molecule has 0 spiro atoms. The van der Waals surface area contributed by atoms with Gasteiger partial charge in [0.15, 0.2) is 4.80 Å². The predicted molar refractivity (Wildman–Crippen MR) is 133 cm³/mol. The first-order valence-corrected chi connectivity index (χ1v) is 11.8. The lowest BCUT2D eigenvalue weighted by Crippen LogP contribution is -2.40. The van der Waals surface area contributed by atoms with Gasteiger partial charge in [0.25, 0.3) is 5.56 Å². The van der Waals surface area contributed by atoms with Crippen LogP contribution in [0.25, 0.3) is 6.08 Å². The number of carbonyl (C=O) groups excluding carboxylic acids is 1. The lowest BCUT2D eigenvalue weighted by molar-refractivity contribution is -0.143. The summed E-state index contributed by atoms with van der Waals surface area (Å²) in [6, 6.07) is 10.9. The third-order valence-corrected chi connectivity index (χ3v) is 6.49. The number of hydrogen-bond acceptors (Lipinski definition) is 8. The van der Waals surface area contributed by atoms with E-state index in [-0.39, 0.29) is 23.0 Å². The molecule has 4 rings (SSSR count). The zero-order chi connectivity index (χ0) is 25.3. The number of fused-ring (bicyclic) bond motifs is 1. The van der Waals surface area contributed by atoms with E-state index in [0.29, 0.717) is 32.1 Å². The van der Waals surface area contributed by atoms with Gasteiger partial charge in [-0.2, -0.15) is 0 Å². The number of ether oxygens (including phenoxy) is 3. The Hall–Kier alpha value is -3.85. The van der Waals surface area contributed by atoms with Crippen molar-refractivity contribution in [2.45, 2.75) is 32.9 Å². The number of benzene rings is 2. The van der Waals surface area contributed by atoms with E-state index in [2.05, 4.69) is 4.99 Å². The number of hydrogen-bond donors (Lipinski definition) is 1. The van der Waals surface area contributed by atoms with Gasteiger partial charge in [-0.25, -0.2) is 9.79 Å². The Morgan fingerprint density at radius 3 is 2.49 bits per heavy atom. The molecule has 0 radical (unpaired) electrons. The van der Waals surface area contributed by atoms with Gasteiger partial charge < -0.3 is 19.3 Å². The van der Waals surface area contributed by atoms with Crippen molar-refractivity contribution in [3.05, 3.63) is 84.5 Å². The number of phenols is 1. The fraction of sp³-hybridized carbons (Fsp3) is 0.269. The summed E-state index contributed by atoms with van der Waals surface area (Å²) in [7, 11) is 3.08. The van der Waals surface area contributed by atoms with Crippen LogP contribution in [-0.2, 0) is 9.53 Å². The SMILES string of the molecule is COc1ccc(OC)c([C@H]2C(C(=O)OC(C)C)=C(C)N=c3s/c(=C/c4ccc(O)cc4)c(=O)n32)c1. The van der Waals surface area contributed by atoms with Crippen molar-refractivity contribution < 1.29 is 24.1 Å². The summed E-state index contributed by atoms with van der Waals surface area (Å²) in [5, 5.41) is 9.57. The molecule has 0 fully saturated rings. The summed E-state index contributed by atoms with van der Waals surface area (Å²) < 4.78 is 18.5. The Morgan fingerprint density at radius 1 is 1.14 bits per heavy atom. The van der Waals surface area contributed by atoms with E-state index < -0.39 is 12.0 Å². The summed E-state index contributed by atoms with van der Waals surface area (Å²) in [5.41, 5.74) is 1.74. The van der Waals surface area contributed by atoms with Crippen molar-refractivity contribution >= 4 is 23.4 Å². The molecule has 2 heterocycles. The fourth-order valence-electron chi connectivity index (χ4n) is 3.93. The van der Waals surface area contributed by atoms with Crippen molar-refractivity contribution in [2.24, 2.45) is 4.99 Å². The standard InChI is InChI=1S/C26H26N2O6S/c1-14(2)34-25(31)22-15(3)27-26-28(23(22)19-13-18(32-4)10-11-20(19)33-5)24(30)21(35-26)12-16-6-8-17(29)9-7-16/h6-14,23,29H,1-5H3/b21-12+/t23-/m0/s1. The highest BCUT2D eigenvalue weighted by atomic mass is 32.1.